The number of ether oxygens (including phenoxy) is 1. The Morgan fingerprint density at radius 3 is 2.80 bits per heavy atom. The van der Waals surface area contributed by atoms with E-state index < -0.39 is 0 Å². The predicted molar refractivity (Wildman–Crippen MR) is 113 cm³/mol. The first-order chi connectivity index (χ1) is 14.7. The Balaban J connectivity index is 1.49. The summed E-state index contributed by atoms with van der Waals surface area (Å²) in [6.45, 7) is 0.0491. The molecule has 8 heteroatoms. The number of pyridine rings is 1. The van der Waals surface area contributed by atoms with Crippen molar-refractivity contribution < 1.29 is 19.1 Å². The van der Waals surface area contributed by atoms with E-state index in [0.717, 1.165) is 12.8 Å². The Morgan fingerprint density at radius 2 is 2.03 bits per heavy atom. The SMILES string of the molecule is CNC(=O)c1cc(Oc2ccc3nc(N[C@H](CO)C4CCCCC4)oc3c2)ccn1. The average Bonchev–Trinajstić information content (AvgIpc) is 3.19. The lowest BCUT2D eigenvalue weighted by atomic mass is 9.84. The minimum Gasteiger partial charge on any atom is -0.457 e. The third kappa shape index (κ3) is 4.54. The fraction of sp³-hybridized carbons (Fsp3) is 0.409. The van der Waals surface area contributed by atoms with Crippen LogP contribution in [0.15, 0.2) is 40.9 Å². The van der Waals surface area contributed by atoms with Crippen LogP contribution in [0.2, 0.25) is 0 Å². The van der Waals surface area contributed by atoms with Crippen molar-refractivity contribution >= 4 is 23.0 Å². The smallest absolute Gasteiger partial charge is 0.295 e. The Labute approximate surface area is 174 Å². The van der Waals surface area contributed by atoms with Gasteiger partial charge in [-0.25, -0.2) is 0 Å². The fourth-order valence-electron chi connectivity index (χ4n) is 3.90. The molecule has 1 atom stereocenters. The number of nitrogens with one attached hydrogen (secondary N) is 2. The number of oxazole rings is 1. The van der Waals surface area contributed by atoms with E-state index in [9.17, 15) is 9.90 Å². The largest absolute Gasteiger partial charge is 0.457 e. The molecule has 1 aliphatic rings. The number of hydrogen-bond donors (Lipinski definition) is 3. The molecular formula is C22H26N4O4. The van der Waals surface area contributed by atoms with Gasteiger partial charge in [0.15, 0.2) is 5.58 Å². The summed E-state index contributed by atoms with van der Waals surface area (Å²) in [5.41, 5.74) is 1.56. The number of carbonyl (C=O) groups excluding carboxylic acids is 1. The maximum atomic E-state index is 11.7. The number of hydrogen-bond acceptors (Lipinski definition) is 7. The molecule has 8 nitrogen and oxygen atoms in total. The van der Waals surface area contributed by atoms with Crippen LogP contribution in [0.5, 0.6) is 11.5 Å². The quantitative estimate of drug-likeness (QED) is 0.544. The first kappa shape index (κ1) is 20.2. The number of carbonyl (C=O) groups is 1. The summed E-state index contributed by atoms with van der Waals surface area (Å²) in [7, 11) is 1.55. The molecule has 0 saturated heterocycles. The van der Waals surface area contributed by atoms with E-state index in [1.807, 2.05) is 6.07 Å². The molecule has 0 unspecified atom stereocenters. The van der Waals surface area contributed by atoms with Crippen molar-refractivity contribution in [1.82, 2.24) is 15.3 Å². The summed E-state index contributed by atoms with van der Waals surface area (Å²) in [6, 6.07) is 8.95. The van der Waals surface area contributed by atoms with E-state index in [-0.39, 0.29) is 24.2 Å². The van der Waals surface area contributed by atoms with Gasteiger partial charge in [0, 0.05) is 25.4 Å². The molecule has 0 radical (unpaired) electrons. The minimum atomic E-state index is -0.279. The lowest BCUT2D eigenvalue weighted by molar-refractivity contribution is 0.0958. The molecule has 1 saturated carbocycles. The number of fused-ring (bicyclic) bond motifs is 1. The summed E-state index contributed by atoms with van der Waals surface area (Å²) in [5.74, 6) is 1.21. The molecule has 0 spiro atoms. The Morgan fingerprint density at radius 1 is 1.23 bits per heavy atom. The summed E-state index contributed by atoms with van der Waals surface area (Å²) in [6.07, 6.45) is 7.42. The van der Waals surface area contributed by atoms with Crippen LogP contribution in [0.3, 0.4) is 0 Å². The third-order valence-corrected chi connectivity index (χ3v) is 5.51. The molecule has 1 aliphatic carbocycles. The molecule has 158 valence electrons. The number of rotatable bonds is 7. The highest BCUT2D eigenvalue weighted by atomic mass is 16.5. The summed E-state index contributed by atoms with van der Waals surface area (Å²) < 4.78 is 11.7. The molecular weight excluding hydrogens is 384 g/mol. The highest BCUT2D eigenvalue weighted by Gasteiger charge is 2.24. The van der Waals surface area contributed by atoms with Gasteiger partial charge in [-0.05, 0) is 37.0 Å². The van der Waals surface area contributed by atoms with Gasteiger partial charge in [-0.15, -0.1) is 0 Å². The molecule has 30 heavy (non-hydrogen) atoms. The van der Waals surface area contributed by atoms with Crippen LogP contribution in [-0.2, 0) is 0 Å². The standard InChI is InChI=1S/C22H26N4O4/c1-23-21(28)18-11-16(9-10-24-18)29-15-7-8-17-20(12-15)30-22(25-17)26-19(13-27)14-5-3-2-4-6-14/h7-12,14,19,27H,2-6,13H2,1H3,(H,23,28)(H,25,26)/t19-/m1/s1. The molecule has 0 bridgehead atoms. The zero-order valence-electron chi connectivity index (χ0n) is 16.9. The van der Waals surface area contributed by atoms with E-state index >= 15 is 0 Å². The summed E-state index contributed by atoms with van der Waals surface area (Å²) in [4.78, 5) is 20.3. The van der Waals surface area contributed by atoms with Crippen LogP contribution in [0, 0.1) is 5.92 Å². The lowest BCUT2D eigenvalue weighted by Crippen LogP contribution is -2.34. The summed E-state index contributed by atoms with van der Waals surface area (Å²) >= 11 is 0. The van der Waals surface area contributed by atoms with Gasteiger partial charge in [-0.3, -0.25) is 9.78 Å². The van der Waals surface area contributed by atoms with Gasteiger partial charge >= 0.3 is 0 Å². The van der Waals surface area contributed by atoms with Crippen molar-refractivity contribution in [3.05, 3.63) is 42.2 Å². The molecule has 3 aromatic rings. The number of amides is 1. The van der Waals surface area contributed by atoms with Crippen LogP contribution in [0.1, 0.15) is 42.6 Å². The Bertz CT molecular complexity index is 1010. The third-order valence-electron chi connectivity index (χ3n) is 5.51. The average molecular weight is 410 g/mol. The fourth-order valence-corrected chi connectivity index (χ4v) is 3.90. The van der Waals surface area contributed by atoms with Gasteiger partial charge in [0.05, 0.1) is 12.6 Å². The topological polar surface area (TPSA) is 110 Å². The highest BCUT2D eigenvalue weighted by Crippen LogP contribution is 2.30. The maximum Gasteiger partial charge on any atom is 0.295 e. The number of anilines is 1. The van der Waals surface area contributed by atoms with Crippen LogP contribution in [0.4, 0.5) is 6.01 Å². The number of aliphatic hydroxyl groups excluding tert-OH is 1. The first-order valence-electron chi connectivity index (χ1n) is 10.3. The second-order valence-corrected chi connectivity index (χ2v) is 7.54. The molecule has 3 N–H and O–H groups in total. The number of benzene rings is 1. The van der Waals surface area contributed by atoms with Crippen molar-refractivity contribution in [1.29, 1.82) is 0 Å². The van der Waals surface area contributed by atoms with Crippen molar-refractivity contribution in [2.75, 3.05) is 19.0 Å². The van der Waals surface area contributed by atoms with E-state index in [1.165, 1.54) is 25.5 Å². The van der Waals surface area contributed by atoms with Gasteiger partial charge < -0.3 is 24.9 Å². The van der Waals surface area contributed by atoms with Crippen molar-refractivity contribution in [2.45, 2.75) is 38.1 Å². The second kappa shape index (κ2) is 9.13. The van der Waals surface area contributed by atoms with E-state index in [4.69, 9.17) is 9.15 Å². The molecule has 1 fully saturated rings. The number of aromatic nitrogens is 2. The maximum absolute atomic E-state index is 11.7. The van der Waals surface area contributed by atoms with Gasteiger partial charge in [-0.2, -0.15) is 4.98 Å². The number of nitrogens with zero attached hydrogens (tertiary/aromatic N) is 2. The van der Waals surface area contributed by atoms with E-state index in [1.54, 1.807) is 31.3 Å². The van der Waals surface area contributed by atoms with Crippen LogP contribution < -0.4 is 15.4 Å². The molecule has 2 heterocycles. The Kier molecular flexibility index (Phi) is 6.13. The first-order valence-corrected chi connectivity index (χ1v) is 10.3. The molecule has 4 rings (SSSR count). The Hall–Kier alpha value is -3.13. The zero-order valence-corrected chi connectivity index (χ0v) is 16.9. The monoisotopic (exact) mass is 410 g/mol. The van der Waals surface area contributed by atoms with E-state index in [0.29, 0.717) is 34.5 Å². The molecule has 0 aliphatic heterocycles. The van der Waals surface area contributed by atoms with Gasteiger partial charge in [0.25, 0.3) is 11.9 Å². The van der Waals surface area contributed by atoms with Gasteiger partial charge in [0.2, 0.25) is 0 Å². The van der Waals surface area contributed by atoms with Crippen LogP contribution in [-0.4, -0.2) is 40.7 Å². The van der Waals surface area contributed by atoms with Crippen molar-refractivity contribution in [3.63, 3.8) is 0 Å². The van der Waals surface area contributed by atoms with Crippen LogP contribution in [0.25, 0.3) is 11.1 Å². The zero-order chi connectivity index (χ0) is 20.9. The summed E-state index contributed by atoms with van der Waals surface area (Å²) in [5, 5.41) is 15.6. The second-order valence-electron chi connectivity index (χ2n) is 7.54. The van der Waals surface area contributed by atoms with Gasteiger partial charge in [0.1, 0.15) is 22.7 Å². The minimum absolute atomic E-state index is 0.0491. The van der Waals surface area contributed by atoms with Gasteiger partial charge in [-0.1, -0.05) is 19.3 Å². The lowest BCUT2D eigenvalue weighted by Gasteiger charge is -2.29. The highest BCUT2D eigenvalue weighted by molar-refractivity contribution is 5.92. The molecule has 1 amide bonds. The molecule has 1 aromatic carbocycles. The normalized spacial score (nSPS) is 15.7. The van der Waals surface area contributed by atoms with E-state index in [2.05, 4.69) is 20.6 Å². The van der Waals surface area contributed by atoms with Crippen molar-refractivity contribution in [2.24, 2.45) is 5.92 Å². The van der Waals surface area contributed by atoms with Crippen molar-refractivity contribution in [3.8, 4) is 11.5 Å². The molecule has 2 aromatic heterocycles. The predicted octanol–water partition coefficient (Wildman–Crippen LogP) is 3.73. The van der Waals surface area contributed by atoms with Crippen LogP contribution >= 0.6 is 0 Å². The number of aliphatic hydroxyl groups is 1.